The first kappa shape index (κ1) is 21.7. The van der Waals surface area contributed by atoms with Crippen molar-refractivity contribution in [2.24, 2.45) is 10.9 Å². The number of benzene rings is 1. The van der Waals surface area contributed by atoms with Gasteiger partial charge < -0.3 is 19.7 Å². The number of imidazole rings is 1. The molecule has 2 atom stereocenters. The van der Waals surface area contributed by atoms with Crippen molar-refractivity contribution in [3.63, 3.8) is 0 Å². The van der Waals surface area contributed by atoms with Gasteiger partial charge in [-0.05, 0) is 30.0 Å². The molecule has 0 amide bonds. The van der Waals surface area contributed by atoms with Crippen LogP contribution in [0.3, 0.4) is 0 Å². The van der Waals surface area contributed by atoms with Gasteiger partial charge >= 0.3 is 0 Å². The lowest BCUT2D eigenvalue weighted by molar-refractivity contribution is 0.189. The van der Waals surface area contributed by atoms with Crippen LogP contribution in [-0.2, 0) is 6.54 Å². The second-order valence-corrected chi connectivity index (χ2v) is 7.73. The van der Waals surface area contributed by atoms with Crippen molar-refractivity contribution >= 4 is 35.6 Å². The van der Waals surface area contributed by atoms with Crippen molar-refractivity contribution < 1.29 is 0 Å². The predicted octanol–water partition coefficient (Wildman–Crippen LogP) is 3.54. The Morgan fingerprint density at radius 1 is 1.21 bits per heavy atom. The highest BCUT2D eigenvalue weighted by molar-refractivity contribution is 14.0. The lowest BCUT2D eigenvalue weighted by atomic mass is 9.93. The van der Waals surface area contributed by atoms with Crippen molar-refractivity contribution in [3.05, 3.63) is 60.7 Å². The molecule has 0 saturated carbocycles. The Balaban J connectivity index is 0.00000240. The van der Waals surface area contributed by atoms with Gasteiger partial charge in [-0.1, -0.05) is 31.2 Å². The van der Waals surface area contributed by atoms with Crippen LogP contribution in [0.4, 0.5) is 5.69 Å². The lowest BCUT2D eigenvalue weighted by Crippen LogP contribution is -2.48. The van der Waals surface area contributed by atoms with Gasteiger partial charge in [0.05, 0.1) is 12.4 Å². The maximum Gasteiger partial charge on any atom is 0.193 e. The van der Waals surface area contributed by atoms with Gasteiger partial charge in [-0.2, -0.15) is 0 Å². The number of halogens is 1. The van der Waals surface area contributed by atoms with Gasteiger partial charge in [-0.25, -0.2) is 4.98 Å². The van der Waals surface area contributed by atoms with Gasteiger partial charge in [0.1, 0.15) is 0 Å². The minimum absolute atomic E-state index is 0. The number of nitrogens with zero attached hydrogens (tertiary/aromatic N) is 5. The van der Waals surface area contributed by atoms with Gasteiger partial charge in [0, 0.05) is 57.9 Å². The Labute approximate surface area is 190 Å². The number of anilines is 1. The maximum absolute atomic E-state index is 4.54. The molecule has 2 unspecified atom stereocenters. The third-order valence-electron chi connectivity index (χ3n) is 5.91. The molecule has 1 aromatic carbocycles. The molecular weight excluding hydrogens is 475 g/mol. The molecular formula is C22H31IN6. The third-order valence-corrected chi connectivity index (χ3v) is 5.91. The van der Waals surface area contributed by atoms with Crippen LogP contribution in [0.1, 0.15) is 24.9 Å². The molecule has 29 heavy (non-hydrogen) atoms. The zero-order chi connectivity index (χ0) is 19.3. The van der Waals surface area contributed by atoms with E-state index in [4.69, 9.17) is 0 Å². The summed E-state index contributed by atoms with van der Waals surface area (Å²) in [5, 5.41) is 3.55. The van der Waals surface area contributed by atoms with E-state index in [2.05, 4.69) is 79.2 Å². The molecule has 3 heterocycles. The molecule has 0 radical (unpaired) electrons. The van der Waals surface area contributed by atoms with Gasteiger partial charge in [0.25, 0.3) is 0 Å². The second-order valence-electron chi connectivity index (χ2n) is 7.73. The molecule has 4 rings (SSSR count). The van der Waals surface area contributed by atoms with Crippen molar-refractivity contribution in [3.8, 4) is 0 Å². The molecule has 6 nitrogen and oxygen atoms in total. The first-order valence-corrected chi connectivity index (χ1v) is 10.2. The molecule has 0 aliphatic carbocycles. The fourth-order valence-electron chi connectivity index (χ4n) is 4.12. The van der Waals surface area contributed by atoms with Crippen LogP contribution in [0.25, 0.3) is 0 Å². The van der Waals surface area contributed by atoms with E-state index in [-0.39, 0.29) is 24.0 Å². The Morgan fingerprint density at radius 3 is 2.62 bits per heavy atom. The third kappa shape index (κ3) is 5.12. The topological polar surface area (TPSA) is 48.7 Å². The van der Waals surface area contributed by atoms with E-state index in [0.29, 0.717) is 12.0 Å². The van der Waals surface area contributed by atoms with E-state index in [1.54, 1.807) is 0 Å². The van der Waals surface area contributed by atoms with E-state index < -0.39 is 0 Å². The number of aliphatic imine (C=N–C) groups is 1. The van der Waals surface area contributed by atoms with E-state index >= 15 is 0 Å². The SMILES string of the molecule is CN=C(NCc1ccc(N2CC=CC2)cc1)N1CCC(C)C(n2ccnc2)C1.I. The number of likely N-dealkylation sites (tertiary alicyclic amines) is 1. The number of hydrogen-bond donors (Lipinski definition) is 1. The zero-order valence-electron chi connectivity index (χ0n) is 17.2. The lowest BCUT2D eigenvalue weighted by Gasteiger charge is -2.39. The second kappa shape index (κ2) is 10.1. The number of rotatable bonds is 4. The summed E-state index contributed by atoms with van der Waals surface area (Å²) >= 11 is 0. The van der Waals surface area contributed by atoms with Crippen LogP contribution in [0, 0.1) is 5.92 Å². The van der Waals surface area contributed by atoms with Gasteiger partial charge in [0.2, 0.25) is 0 Å². The zero-order valence-corrected chi connectivity index (χ0v) is 19.6. The number of hydrogen-bond acceptors (Lipinski definition) is 3. The van der Waals surface area contributed by atoms with E-state index in [0.717, 1.165) is 45.1 Å². The van der Waals surface area contributed by atoms with Crippen LogP contribution >= 0.6 is 24.0 Å². The van der Waals surface area contributed by atoms with Crippen LogP contribution < -0.4 is 10.2 Å². The van der Waals surface area contributed by atoms with Gasteiger partial charge in [-0.15, -0.1) is 24.0 Å². The number of guanidine groups is 1. The molecule has 7 heteroatoms. The monoisotopic (exact) mass is 506 g/mol. The van der Waals surface area contributed by atoms with Crippen molar-refractivity contribution in [2.45, 2.75) is 25.9 Å². The van der Waals surface area contributed by atoms with Gasteiger partial charge in [-0.3, -0.25) is 4.99 Å². The number of piperidine rings is 1. The van der Waals surface area contributed by atoms with Gasteiger partial charge in [0.15, 0.2) is 5.96 Å². The standard InChI is InChI=1S/C22H30N6.HI/c1-18-9-13-27(16-21(18)28-14-10-24-17-28)22(23-2)25-15-19-5-7-20(8-6-19)26-11-3-4-12-26;/h3-8,10,14,17-18,21H,9,11-13,15-16H2,1-2H3,(H,23,25);1H. The van der Waals surface area contributed by atoms with E-state index in [1.807, 2.05) is 19.6 Å². The highest BCUT2D eigenvalue weighted by Crippen LogP contribution is 2.27. The Kier molecular flexibility index (Phi) is 7.57. The summed E-state index contributed by atoms with van der Waals surface area (Å²) in [6, 6.07) is 9.28. The van der Waals surface area contributed by atoms with Crippen LogP contribution in [0.2, 0.25) is 0 Å². The summed E-state index contributed by atoms with van der Waals surface area (Å²) in [7, 11) is 1.87. The first-order valence-electron chi connectivity index (χ1n) is 10.2. The van der Waals surface area contributed by atoms with Crippen LogP contribution in [0.5, 0.6) is 0 Å². The minimum atomic E-state index is 0. The number of aromatic nitrogens is 2. The normalized spacial score (nSPS) is 21.9. The Morgan fingerprint density at radius 2 is 1.97 bits per heavy atom. The van der Waals surface area contributed by atoms with E-state index in [9.17, 15) is 0 Å². The van der Waals surface area contributed by atoms with Crippen molar-refractivity contribution in [1.29, 1.82) is 0 Å². The fourth-order valence-corrected chi connectivity index (χ4v) is 4.12. The average molecular weight is 506 g/mol. The van der Waals surface area contributed by atoms with E-state index in [1.165, 1.54) is 11.3 Å². The highest BCUT2D eigenvalue weighted by Gasteiger charge is 2.28. The Hall–Kier alpha value is -2.03. The van der Waals surface area contributed by atoms with Crippen molar-refractivity contribution in [2.75, 3.05) is 38.1 Å². The first-order chi connectivity index (χ1) is 13.7. The summed E-state index contributed by atoms with van der Waals surface area (Å²) in [6.45, 7) is 7.12. The summed E-state index contributed by atoms with van der Waals surface area (Å²) in [5.41, 5.74) is 2.56. The average Bonchev–Trinajstić information content (AvgIpc) is 3.44. The molecule has 2 aliphatic rings. The summed E-state index contributed by atoms with van der Waals surface area (Å²) < 4.78 is 2.23. The minimum Gasteiger partial charge on any atom is -0.364 e. The largest absolute Gasteiger partial charge is 0.364 e. The molecule has 1 saturated heterocycles. The summed E-state index contributed by atoms with van der Waals surface area (Å²) in [4.78, 5) is 13.5. The molecule has 1 N–H and O–H groups in total. The molecule has 0 bridgehead atoms. The van der Waals surface area contributed by atoms with Crippen LogP contribution in [-0.4, -0.2) is 53.6 Å². The fraction of sp³-hybridized carbons (Fsp3) is 0.455. The molecule has 2 aromatic rings. The summed E-state index contributed by atoms with van der Waals surface area (Å²) in [5.74, 6) is 1.61. The molecule has 0 spiro atoms. The maximum atomic E-state index is 4.54. The molecule has 2 aliphatic heterocycles. The molecule has 156 valence electrons. The molecule has 1 fully saturated rings. The molecule has 1 aromatic heterocycles. The predicted molar refractivity (Wildman–Crippen MR) is 130 cm³/mol. The highest BCUT2D eigenvalue weighted by atomic mass is 127. The quantitative estimate of drug-likeness (QED) is 0.299. The van der Waals surface area contributed by atoms with Crippen LogP contribution in [0.15, 0.2) is 60.1 Å². The van der Waals surface area contributed by atoms with Crippen molar-refractivity contribution in [1.82, 2.24) is 19.8 Å². The Bertz CT molecular complexity index is 806. The smallest absolute Gasteiger partial charge is 0.193 e. The number of nitrogens with one attached hydrogen (secondary N) is 1. The summed E-state index contributed by atoms with van der Waals surface area (Å²) in [6.07, 6.45) is 11.4.